The first-order chi connectivity index (χ1) is 7.42. The maximum absolute atomic E-state index is 4.83. The first-order valence-electron chi connectivity index (χ1n) is 5.94. The summed E-state index contributed by atoms with van der Waals surface area (Å²) in [7, 11) is 0. The standard InChI is InChI=1S/C12H17N3/c1-4-12(15-5-1,10-2-6-13-8-10)11-3-7-14-9-11/h5-6,9-11H,1-4,7-8H2. The van der Waals surface area contributed by atoms with Gasteiger partial charge in [0, 0.05) is 31.1 Å². The lowest BCUT2D eigenvalue weighted by Gasteiger charge is -2.36. The smallest absolute Gasteiger partial charge is 0.0734 e. The molecule has 3 atom stereocenters. The Labute approximate surface area is 90.4 Å². The Morgan fingerprint density at radius 1 is 1.20 bits per heavy atom. The van der Waals surface area contributed by atoms with E-state index in [0.717, 1.165) is 25.9 Å². The van der Waals surface area contributed by atoms with Crippen molar-refractivity contribution in [3.05, 3.63) is 0 Å². The van der Waals surface area contributed by atoms with E-state index in [4.69, 9.17) is 4.99 Å². The topological polar surface area (TPSA) is 37.1 Å². The molecule has 0 amide bonds. The number of nitrogens with zero attached hydrogens (tertiary/aromatic N) is 3. The van der Waals surface area contributed by atoms with Crippen LogP contribution in [0.3, 0.4) is 0 Å². The molecular weight excluding hydrogens is 186 g/mol. The highest BCUT2D eigenvalue weighted by Gasteiger charge is 2.46. The van der Waals surface area contributed by atoms with Crippen molar-refractivity contribution in [2.45, 2.75) is 31.2 Å². The van der Waals surface area contributed by atoms with Crippen LogP contribution in [-0.2, 0) is 0 Å². The lowest BCUT2D eigenvalue weighted by Crippen LogP contribution is -2.42. The molecule has 0 aromatic carbocycles. The molecule has 0 saturated heterocycles. The average molecular weight is 203 g/mol. The van der Waals surface area contributed by atoms with Gasteiger partial charge in [0.05, 0.1) is 5.54 Å². The Bertz CT molecular complexity index is 324. The normalized spacial score (nSPS) is 43.2. The van der Waals surface area contributed by atoms with Gasteiger partial charge in [0.25, 0.3) is 0 Å². The lowest BCUT2D eigenvalue weighted by atomic mass is 9.72. The molecule has 0 fully saturated rings. The van der Waals surface area contributed by atoms with E-state index in [1.807, 2.05) is 0 Å². The summed E-state index contributed by atoms with van der Waals surface area (Å²) in [6.45, 7) is 1.97. The van der Waals surface area contributed by atoms with E-state index in [1.54, 1.807) is 0 Å². The van der Waals surface area contributed by atoms with Gasteiger partial charge in [0.2, 0.25) is 0 Å². The number of aliphatic imine (C=N–C) groups is 3. The van der Waals surface area contributed by atoms with Crippen molar-refractivity contribution in [2.24, 2.45) is 26.8 Å². The van der Waals surface area contributed by atoms with Gasteiger partial charge in [-0.15, -0.1) is 0 Å². The number of hydrogen-bond acceptors (Lipinski definition) is 3. The van der Waals surface area contributed by atoms with Crippen molar-refractivity contribution in [1.82, 2.24) is 0 Å². The Morgan fingerprint density at radius 2 is 2.20 bits per heavy atom. The summed E-state index contributed by atoms with van der Waals surface area (Å²) in [6, 6.07) is 0. The largest absolute Gasteiger partial charge is 0.297 e. The van der Waals surface area contributed by atoms with Crippen molar-refractivity contribution >= 4 is 18.6 Å². The molecule has 3 heteroatoms. The van der Waals surface area contributed by atoms with Gasteiger partial charge in [-0.3, -0.25) is 15.0 Å². The highest BCUT2D eigenvalue weighted by Crippen LogP contribution is 2.43. The van der Waals surface area contributed by atoms with E-state index in [-0.39, 0.29) is 5.54 Å². The first-order valence-corrected chi connectivity index (χ1v) is 5.94. The maximum atomic E-state index is 4.83. The molecular formula is C12H17N3. The van der Waals surface area contributed by atoms with E-state index in [0.29, 0.717) is 11.8 Å². The van der Waals surface area contributed by atoms with Gasteiger partial charge < -0.3 is 0 Å². The summed E-state index contributed by atoms with van der Waals surface area (Å²) >= 11 is 0. The fraction of sp³-hybridized carbons (Fsp3) is 0.750. The summed E-state index contributed by atoms with van der Waals surface area (Å²) in [5.74, 6) is 1.20. The maximum Gasteiger partial charge on any atom is 0.0734 e. The first kappa shape index (κ1) is 9.25. The van der Waals surface area contributed by atoms with E-state index < -0.39 is 0 Å². The van der Waals surface area contributed by atoms with Crippen LogP contribution in [0.1, 0.15) is 25.7 Å². The van der Waals surface area contributed by atoms with E-state index in [1.165, 1.54) is 12.8 Å². The predicted molar refractivity (Wildman–Crippen MR) is 63.4 cm³/mol. The van der Waals surface area contributed by atoms with Crippen molar-refractivity contribution < 1.29 is 0 Å². The number of rotatable bonds is 2. The molecule has 3 nitrogen and oxygen atoms in total. The fourth-order valence-electron chi connectivity index (χ4n) is 3.20. The molecule has 3 rings (SSSR count). The molecule has 15 heavy (non-hydrogen) atoms. The number of hydrogen-bond donors (Lipinski definition) is 0. The summed E-state index contributed by atoms with van der Waals surface area (Å²) in [6.07, 6.45) is 11.0. The van der Waals surface area contributed by atoms with Gasteiger partial charge >= 0.3 is 0 Å². The van der Waals surface area contributed by atoms with E-state index >= 15 is 0 Å². The molecule has 0 aromatic heterocycles. The zero-order valence-electron chi connectivity index (χ0n) is 8.97. The quantitative estimate of drug-likeness (QED) is 0.656. The second-order valence-corrected chi connectivity index (χ2v) is 4.77. The zero-order valence-corrected chi connectivity index (χ0v) is 8.97. The Hall–Kier alpha value is -0.990. The Kier molecular flexibility index (Phi) is 2.19. The van der Waals surface area contributed by atoms with Crippen molar-refractivity contribution in [3.8, 4) is 0 Å². The third kappa shape index (κ3) is 1.36. The summed E-state index contributed by atoms with van der Waals surface area (Å²) < 4.78 is 0. The Morgan fingerprint density at radius 3 is 2.80 bits per heavy atom. The van der Waals surface area contributed by atoms with Crippen molar-refractivity contribution in [1.29, 1.82) is 0 Å². The fourth-order valence-corrected chi connectivity index (χ4v) is 3.20. The van der Waals surface area contributed by atoms with Crippen molar-refractivity contribution in [3.63, 3.8) is 0 Å². The van der Waals surface area contributed by atoms with Crippen LogP contribution in [0.4, 0.5) is 0 Å². The second-order valence-electron chi connectivity index (χ2n) is 4.77. The molecule has 0 aromatic rings. The van der Waals surface area contributed by atoms with Crippen LogP contribution in [0.5, 0.6) is 0 Å². The van der Waals surface area contributed by atoms with Gasteiger partial charge in [0.15, 0.2) is 0 Å². The van der Waals surface area contributed by atoms with Gasteiger partial charge in [0.1, 0.15) is 0 Å². The monoisotopic (exact) mass is 203 g/mol. The molecule has 3 unspecified atom stereocenters. The molecule has 0 aliphatic carbocycles. The minimum atomic E-state index is 0.149. The molecule has 3 heterocycles. The SMILES string of the molecule is C1=NCCC1C1(C2CC=NC2)CCC=N1. The van der Waals surface area contributed by atoms with Crippen LogP contribution in [-0.4, -0.2) is 37.3 Å². The van der Waals surface area contributed by atoms with Gasteiger partial charge in [-0.2, -0.15) is 0 Å². The minimum absolute atomic E-state index is 0.149. The third-order valence-corrected chi connectivity index (χ3v) is 4.05. The van der Waals surface area contributed by atoms with Crippen LogP contribution >= 0.6 is 0 Å². The highest BCUT2D eigenvalue weighted by atomic mass is 15.0. The molecule has 0 bridgehead atoms. The van der Waals surface area contributed by atoms with Crippen LogP contribution in [0, 0.1) is 11.8 Å². The van der Waals surface area contributed by atoms with Crippen molar-refractivity contribution in [2.75, 3.05) is 13.1 Å². The zero-order chi connectivity index (χ0) is 10.1. The molecule has 0 saturated carbocycles. The lowest BCUT2D eigenvalue weighted by molar-refractivity contribution is 0.237. The van der Waals surface area contributed by atoms with Crippen LogP contribution < -0.4 is 0 Å². The summed E-state index contributed by atoms with van der Waals surface area (Å²) in [5, 5.41) is 0. The highest BCUT2D eigenvalue weighted by molar-refractivity contribution is 5.70. The molecule has 3 aliphatic heterocycles. The van der Waals surface area contributed by atoms with Crippen LogP contribution in [0.15, 0.2) is 15.0 Å². The van der Waals surface area contributed by atoms with Crippen LogP contribution in [0.2, 0.25) is 0 Å². The predicted octanol–water partition coefficient (Wildman–Crippen LogP) is 1.77. The molecule has 3 aliphatic rings. The minimum Gasteiger partial charge on any atom is -0.297 e. The average Bonchev–Trinajstić information content (AvgIpc) is 3.02. The molecule has 0 N–H and O–H groups in total. The molecule has 0 spiro atoms. The van der Waals surface area contributed by atoms with Gasteiger partial charge in [-0.1, -0.05) is 0 Å². The van der Waals surface area contributed by atoms with Crippen LogP contribution in [0.25, 0.3) is 0 Å². The third-order valence-electron chi connectivity index (χ3n) is 4.05. The molecule has 80 valence electrons. The Balaban J connectivity index is 1.87. The van der Waals surface area contributed by atoms with E-state index in [9.17, 15) is 0 Å². The summed E-state index contributed by atoms with van der Waals surface area (Å²) in [4.78, 5) is 13.6. The summed E-state index contributed by atoms with van der Waals surface area (Å²) in [5.41, 5.74) is 0.149. The molecule has 0 radical (unpaired) electrons. The van der Waals surface area contributed by atoms with Gasteiger partial charge in [-0.25, -0.2) is 0 Å². The van der Waals surface area contributed by atoms with E-state index in [2.05, 4.69) is 28.6 Å². The second kappa shape index (κ2) is 3.54. The van der Waals surface area contributed by atoms with Gasteiger partial charge in [-0.05, 0) is 38.1 Å².